The number of nitrogens with zero attached hydrogens (tertiary/aromatic N) is 1. The third kappa shape index (κ3) is 8.79. The Balaban J connectivity index is 2.31. The van der Waals surface area contributed by atoms with Crippen molar-refractivity contribution >= 4 is 31.9 Å². The summed E-state index contributed by atoms with van der Waals surface area (Å²) in [5, 5.41) is 1.56. The van der Waals surface area contributed by atoms with E-state index >= 15 is 0 Å². The lowest BCUT2D eigenvalue weighted by Gasteiger charge is -2.38. The second kappa shape index (κ2) is 13.1. The molecule has 38 heavy (non-hydrogen) atoms. The van der Waals surface area contributed by atoms with Gasteiger partial charge in [-0.15, -0.1) is 11.8 Å². The summed E-state index contributed by atoms with van der Waals surface area (Å²) in [6.45, 7) is 10.2. The second-order valence-corrected chi connectivity index (χ2v) is 15.7. The minimum atomic E-state index is -5.04. The summed E-state index contributed by atoms with van der Waals surface area (Å²) in [4.78, 5) is 37.9. The van der Waals surface area contributed by atoms with Gasteiger partial charge in [0.2, 0.25) is 0 Å². The molecular weight excluding hydrogens is 543 g/mol. The highest BCUT2D eigenvalue weighted by molar-refractivity contribution is 7.98. The Kier molecular flexibility index (Phi) is 10.9. The number of halogens is 3. The molecular formula is C24H34F3N3O6SSi. The van der Waals surface area contributed by atoms with Gasteiger partial charge in [-0.3, -0.25) is 14.6 Å². The molecule has 1 aromatic rings. The van der Waals surface area contributed by atoms with E-state index in [1.165, 1.54) is 11.8 Å². The van der Waals surface area contributed by atoms with Gasteiger partial charge in [0.15, 0.2) is 14.2 Å². The van der Waals surface area contributed by atoms with Crippen molar-refractivity contribution in [1.82, 2.24) is 14.9 Å². The monoisotopic (exact) mass is 577 g/mol. The lowest BCUT2D eigenvalue weighted by Crippen LogP contribution is -2.45. The number of H-pyrrole nitrogens is 1. The van der Waals surface area contributed by atoms with Gasteiger partial charge in [0.05, 0.1) is 25.2 Å². The summed E-state index contributed by atoms with van der Waals surface area (Å²) in [7, 11) is -2.13. The lowest BCUT2D eigenvalue weighted by atomic mass is 10.1. The Morgan fingerprint density at radius 1 is 1.32 bits per heavy atom. The summed E-state index contributed by atoms with van der Waals surface area (Å²) in [6, 6.07) is 0. The molecule has 0 saturated heterocycles. The summed E-state index contributed by atoms with van der Waals surface area (Å²) in [5.74, 6) is 3.12. The van der Waals surface area contributed by atoms with Gasteiger partial charge in [-0.2, -0.15) is 13.2 Å². The number of hydrogen-bond donors (Lipinski definition) is 2. The number of nitrogens with one attached hydrogen (secondary N) is 2. The Hall–Kier alpha value is -2.47. The molecule has 0 aliphatic carbocycles. The summed E-state index contributed by atoms with van der Waals surface area (Å²) >= 11 is 1.52. The van der Waals surface area contributed by atoms with Gasteiger partial charge in [-0.1, -0.05) is 32.6 Å². The largest absolute Gasteiger partial charge is 0.471 e. The molecule has 0 spiro atoms. The van der Waals surface area contributed by atoms with Crippen LogP contribution < -0.4 is 16.6 Å². The molecule has 0 radical (unpaired) electrons. The van der Waals surface area contributed by atoms with Crippen molar-refractivity contribution in [1.29, 1.82) is 0 Å². The summed E-state index contributed by atoms with van der Waals surface area (Å²) in [6.07, 6.45) is -0.00727. The van der Waals surface area contributed by atoms with Crippen LogP contribution in [-0.4, -0.2) is 67.5 Å². The number of alkyl halides is 3. The van der Waals surface area contributed by atoms with E-state index in [0.717, 1.165) is 10.8 Å². The zero-order chi connectivity index (χ0) is 28.7. The molecule has 1 aromatic heterocycles. The Bertz CT molecular complexity index is 1190. The van der Waals surface area contributed by atoms with Crippen molar-refractivity contribution in [3.05, 3.63) is 38.7 Å². The quantitative estimate of drug-likeness (QED) is 0.277. The molecule has 2 N–H and O–H groups in total. The van der Waals surface area contributed by atoms with Crippen LogP contribution in [0.25, 0.3) is 5.88 Å². The highest BCUT2D eigenvalue weighted by atomic mass is 32.2. The van der Waals surface area contributed by atoms with Crippen molar-refractivity contribution in [2.24, 2.45) is 0 Å². The number of aromatic amines is 1. The normalized spacial score (nSPS) is 18.5. The fourth-order valence-corrected chi connectivity index (χ4v) is 4.40. The minimum absolute atomic E-state index is 0.0327. The average Bonchev–Trinajstić information content (AvgIpc) is 3.00. The second-order valence-electron chi connectivity index (χ2n) is 10.1. The van der Waals surface area contributed by atoms with E-state index in [0.29, 0.717) is 18.8 Å². The molecule has 212 valence electrons. The topological polar surface area (TPSA) is 112 Å². The summed E-state index contributed by atoms with van der Waals surface area (Å²) in [5.41, 5.74) is -1.79. The Morgan fingerprint density at radius 3 is 2.61 bits per heavy atom. The van der Waals surface area contributed by atoms with E-state index in [-0.39, 0.29) is 29.2 Å². The van der Waals surface area contributed by atoms with Crippen LogP contribution in [0.5, 0.6) is 0 Å². The molecule has 1 aliphatic rings. The molecule has 2 heterocycles. The molecule has 14 heteroatoms. The maximum Gasteiger partial charge on any atom is 0.471 e. The zero-order valence-electron chi connectivity index (χ0n) is 22.3. The number of aromatic nitrogens is 2. The van der Waals surface area contributed by atoms with Crippen LogP contribution in [-0.2, 0) is 18.7 Å². The van der Waals surface area contributed by atoms with Gasteiger partial charge in [0.1, 0.15) is 11.7 Å². The van der Waals surface area contributed by atoms with E-state index in [2.05, 4.69) is 50.7 Å². The van der Waals surface area contributed by atoms with Gasteiger partial charge in [-0.05, 0) is 43.3 Å². The first-order chi connectivity index (χ1) is 17.6. The van der Waals surface area contributed by atoms with Crippen molar-refractivity contribution in [2.45, 2.75) is 70.1 Å². The van der Waals surface area contributed by atoms with Gasteiger partial charge < -0.3 is 19.2 Å². The molecule has 0 aromatic carbocycles. The number of allylic oxidation sites excluding steroid dienone is 1. The van der Waals surface area contributed by atoms with Crippen LogP contribution >= 0.6 is 11.8 Å². The minimum Gasteiger partial charge on any atom is -0.470 e. The van der Waals surface area contributed by atoms with E-state index < -0.39 is 44.3 Å². The van der Waals surface area contributed by atoms with Crippen molar-refractivity contribution < 1.29 is 31.9 Å². The highest BCUT2D eigenvalue weighted by Gasteiger charge is 2.39. The third-order valence-corrected chi connectivity index (χ3v) is 11.1. The van der Waals surface area contributed by atoms with E-state index in [9.17, 15) is 27.6 Å². The van der Waals surface area contributed by atoms with Crippen molar-refractivity contribution in [3.8, 4) is 11.8 Å². The number of hydrogen-bond acceptors (Lipinski definition) is 7. The average molecular weight is 578 g/mol. The van der Waals surface area contributed by atoms with Crippen LogP contribution in [0.1, 0.15) is 39.2 Å². The Labute approximate surface area is 224 Å². The Morgan fingerprint density at radius 2 is 2.00 bits per heavy atom. The standard InChI is InChI=1S/C24H34F3N3O6SSi/c1-23(2,3)38(5,6)35-14-18-17(34-15-37-4)10-7-11-19(36-18)30-13-16(20(31)29-22(30)33)9-8-12-28-21(32)24(25,26)27/h11,13,17-18H,7,10,12,14-15H2,1-6H3,(H,28,32)(H,29,31,33). The van der Waals surface area contributed by atoms with Gasteiger partial charge in [0.25, 0.3) is 5.56 Å². The maximum atomic E-state index is 12.6. The zero-order valence-corrected chi connectivity index (χ0v) is 24.1. The molecule has 0 bridgehead atoms. The van der Waals surface area contributed by atoms with Crippen molar-refractivity contribution in [3.63, 3.8) is 0 Å². The number of rotatable bonds is 8. The highest BCUT2D eigenvalue weighted by Crippen LogP contribution is 2.37. The molecule has 2 atom stereocenters. The smallest absolute Gasteiger partial charge is 0.470 e. The van der Waals surface area contributed by atoms with Crippen LogP contribution in [0.15, 0.2) is 21.9 Å². The predicted octanol–water partition coefficient (Wildman–Crippen LogP) is 3.27. The fraction of sp³-hybridized carbons (Fsp3) is 0.625. The number of thioether (sulfide) groups is 1. The fourth-order valence-electron chi connectivity index (χ4n) is 3.07. The molecule has 0 fully saturated rings. The van der Waals surface area contributed by atoms with Gasteiger partial charge in [-0.25, -0.2) is 9.36 Å². The molecule has 1 amide bonds. The number of amides is 1. The molecule has 1 aliphatic heterocycles. The SMILES string of the molecule is CSCOC1CCC=C(n2cc(C#CCNC(=O)C(F)(F)F)c(=O)[nH]c2=O)OC1CO[Si](C)(C)C(C)(C)C. The van der Waals surface area contributed by atoms with Crippen LogP contribution in [0.3, 0.4) is 0 Å². The predicted molar refractivity (Wildman–Crippen MR) is 142 cm³/mol. The number of carbonyl (C=O) groups excluding carboxylic acids is 1. The lowest BCUT2D eigenvalue weighted by molar-refractivity contribution is -0.173. The van der Waals surface area contributed by atoms with Gasteiger partial charge >= 0.3 is 17.8 Å². The van der Waals surface area contributed by atoms with E-state index in [1.807, 2.05) is 6.26 Å². The van der Waals surface area contributed by atoms with E-state index in [4.69, 9.17) is 13.9 Å². The van der Waals surface area contributed by atoms with Crippen LogP contribution in [0, 0.1) is 11.8 Å². The van der Waals surface area contributed by atoms with Crippen LogP contribution in [0.2, 0.25) is 18.1 Å². The number of ether oxygens (including phenoxy) is 2. The molecule has 2 unspecified atom stereocenters. The van der Waals surface area contributed by atoms with Crippen LogP contribution in [0.4, 0.5) is 13.2 Å². The summed E-state index contributed by atoms with van der Waals surface area (Å²) < 4.78 is 56.6. The maximum absolute atomic E-state index is 12.6. The van der Waals surface area contributed by atoms with Crippen molar-refractivity contribution in [2.75, 3.05) is 25.3 Å². The molecule has 2 rings (SSSR count). The van der Waals surface area contributed by atoms with E-state index in [1.54, 1.807) is 11.4 Å². The first-order valence-corrected chi connectivity index (χ1v) is 16.2. The first kappa shape index (κ1) is 31.7. The third-order valence-electron chi connectivity index (χ3n) is 6.27. The van der Waals surface area contributed by atoms with Gasteiger partial charge in [0, 0.05) is 6.20 Å². The number of carbonyl (C=O) groups is 1. The molecule has 0 saturated carbocycles. The molecule has 9 nitrogen and oxygen atoms in total. The first-order valence-electron chi connectivity index (χ1n) is 11.9.